The van der Waals surface area contributed by atoms with E-state index in [2.05, 4.69) is 16.0 Å². The minimum atomic E-state index is -1.27. The Kier molecular flexibility index (Phi) is 7.59. The highest BCUT2D eigenvalue weighted by atomic mass is 16.5. The van der Waals surface area contributed by atoms with Gasteiger partial charge in [-0.3, -0.25) is 4.79 Å². The molecule has 0 fully saturated rings. The third kappa shape index (κ3) is 6.24. The molecule has 29 heavy (non-hydrogen) atoms. The number of benzene rings is 2. The highest BCUT2D eigenvalue weighted by molar-refractivity contribution is 5.99. The van der Waals surface area contributed by atoms with E-state index in [1.807, 2.05) is 30.3 Å². The van der Waals surface area contributed by atoms with Crippen molar-refractivity contribution in [2.75, 3.05) is 13.7 Å². The Morgan fingerprint density at radius 3 is 2.21 bits per heavy atom. The summed E-state index contributed by atoms with van der Waals surface area (Å²) >= 11 is 0. The summed E-state index contributed by atoms with van der Waals surface area (Å²) in [7, 11) is 1.53. The zero-order valence-corrected chi connectivity index (χ0v) is 16.6. The number of aryl methyl sites for hydroxylation is 2. The molecule has 8 heteroatoms. The van der Waals surface area contributed by atoms with E-state index in [0.717, 1.165) is 5.56 Å². The van der Waals surface area contributed by atoms with Crippen LogP contribution in [0.5, 0.6) is 5.75 Å². The maximum atomic E-state index is 12.6. The van der Waals surface area contributed by atoms with Gasteiger partial charge in [-0.2, -0.15) is 0 Å². The zero-order valence-electron chi connectivity index (χ0n) is 16.6. The van der Waals surface area contributed by atoms with Crippen LogP contribution in [0.15, 0.2) is 42.5 Å². The Morgan fingerprint density at radius 1 is 1.03 bits per heavy atom. The van der Waals surface area contributed by atoms with Crippen molar-refractivity contribution in [1.82, 2.24) is 16.0 Å². The van der Waals surface area contributed by atoms with Crippen molar-refractivity contribution in [3.63, 3.8) is 0 Å². The summed E-state index contributed by atoms with van der Waals surface area (Å²) in [4.78, 5) is 36.1. The van der Waals surface area contributed by atoms with Crippen molar-refractivity contribution in [1.29, 1.82) is 0 Å². The fourth-order valence-corrected chi connectivity index (χ4v) is 2.87. The summed E-state index contributed by atoms with van der Waals surface area (Å²) in [6.07, 6.45) is 0. The average Bonchev–Trinajstić information content (AvgIpc) is 2.69. The molecular formula is C21H25N3O5. The van der Waals surface area contributed by atoms with E-state index in [1.54, 1.807) is 26.0 Å². The van der Waals surface area contributed by atoms with E-state index >= 15 is 0 Å². The van der Waals surface area contributed by atoms with Crippen molar-refractivity contribution in [3.05, 3.63) is 64.7 Å². The van der Waals surface area contributed by atoms with E-state index in [9.17, 15) is 19.5 Å². The zero-order chi connectivity index (χ0) is 21.4. The lowest BCUT2D eigenvalue weighted by Gasteiger charge is -2.18. The van der Waals surface area contributed by atoms with E-state index in [4.69, 9.17) is 4.74 Å². The summed E-state index contributed by atoms with van der Waals surface area (Å²) in [5.74, 6) is -1.16. The van der Waals surface area contributed by atoms with Crippen LogP contribution < -0.4 is 20.7 Å². The minimum absolute atomic E-state index is 0.254. The van der Waals surface area contributed by atoms with Gasteiger partial charge < -0.3 is 25.8 Å². The molecule has 1 unspecified atom stereocenters. The fourth-order valence-electron chi connectivity index (χ4n) is 2.87. The molecule has 2 aromatic carbocycles. The molecule has 0 heterocycles. The number of rotatable bonds is 8. The van der Waals surface area contributed by atoms with Crippen molar-refractivity contribution in [2.45, 2.75) is 26.4 Å². The Labute approximate surface area is 169 Å². The van der Waals surface area contributed by atoms with Gasteiger partial charge in [-0.15, -0.1) is 0 Å². The van der Waals surface area contributed by atoms with Crippen LogP contribution in [0, 0.1) is 13.8 Å². The highest BCUT2D eigenvalue weighted by Crippen LogP contribution is 2.21. The van der Waals surface area contributed by atoms with E-state index < -0.39 is 23.9 Å². The van der Waals surface area contributed by atoms with Gasteiger partial charge >= 0.3 is 12.0 Å². The minimum Gasteiger partial charge on any atom is -0.497 e. The van der Waals surface area contributed by atoms with Crippen LogP contribution in [0.1, 0.15) is 27.0 Å². The van der Waals surface area contributed by atoms with Gasteiger partial charge in [0, 0.05) is 12.1 Å². The number of carbonyl (C=O) groups excluding carboxylic acids is 2. The van der Waals surface area contributed by atoms with Gasteiger partial charge in [0.2, 0.25) is 0 Å². The molecular weight excluding hydrogens is 374 g/mol. The molecule has 0 bridgehead atoms. The number of hydrogen-bond donors (Lipinski definition) is 4. The van der Waals surface area contributed by atoms with Crippen molar-refractivity contribution in [2.24, 2.45) is 0 Å². The molecule has 2 aromatic rings. The number of nitrogens with one attached hydrogen (secondary N) is 3. The van der Waals surface area contributed by atoms with Gasteiger partial charge in [-0.1, -0.05) is 30.3 Å². The molecule has 1 atom stereocenters. The Bertz CT molecular complexity index is 860. The average molecular weight is 399 g/mol. The van der Waals surface area contributed by atoms with Gasteiger partial charge in [0.25, 0.3) is 5.91 Å². The molecule has 3 amide bonds. The van der Waals surface area contributed by atoms with Crippen LogP contribution in [0.3, 0.4) is 0 Å². The van der Waals surface area contributed by atoms with Crippen LogP contribution in [0.25, 0.3) is 0 Å². The van der Waals surface area contributed by atoms with E-state index in [1.165, 1.54) is 7.11 Å². The molecule has 0 aliphatic heterocycles. The number of amides is 3. The number of ether oxygens (including phenoxy) is 1. The summed E-state index contributed by atoms with van der Waals surface area (Å²) in [5, 5.41) is 17.0. The van der Waals surface area contributed by atoms with Crippen LogP contribution >= 0.6 is 0 Å². The summed E-state index contributed by atoms with van der Waals surface area (Å²) in [6.45, 7) is 3.54. The van der Waals surface area contributed by atoms with Crippen LogP contribution in [0.4, 0.5) is 4.79 Å². The van der Waals surface area contributed by atoms with Crippen molar-refractivity contribution < 1.29 is 24.2 Å². The number of urea groups is 1. The number of aliphatic carboxylic acids is 1. The van der Waals surface area contributed by atoms with Gasteiger partial charge in [-0.05, 0) is 42.7 Å². The first-order valence-electron chi connectivity index (χ1n) is 9.06. The first kappa shape index (κ1) is 21.7. The monoisotopic (exact) mass is 399 g/mol. The quantitative estimate of drug-likeness (QED) is 0.542. The molecule has 154 valence electrons. The third-order valence-electron chi connectivity index (χ3n) is 4.34. The normalized spacial score (nSPS) is 11.3. The van der Waals surface area contributed by atoms with Crippen LogP contribution in [0.2, 0.25) is 0 Å². The molecule has 0 radical (unpaired) electrons. The van der Waals surface area contributed by atoms with Gasteiger partial charge in [0.05, 0.1) is 13.7 Å². The molecule has 0 spiro atoms. The second-order valence-corrected chi connectivity index (χ2v) is 6.55. The predicted octanol–water partition coefficient (Wildman–Crippen LogP) is 1.99. The lowest BCUT2D eigenvalue weighted by atomic mass is 10.0. The first-order valence-corrected chi connectivity index (χ1v) is 9.06. The molecule has 0 aromatic heterocycles. The number of carbonyl (C=O) groups is 3. The smallest absolute Gasteiger partial charge is 0.328 e. The fraction of sp³-hybridized carbons (Fsp3) is 0.286. The van der Waals surface area contributed by atoms with Crippen LogP contribution in [-0.2, 0) is 11.3 Å². The van der Waals surface area contributed by atoms with E-state index in [-0.39, 0.29) is 6.54 Å². The van der Waals surface area contributed by atoms with Gasteiger partial charge in [0.15, 0.2) is 0 Å². The highest BCUT2D eigenvalue weighted by Gasteiger charge is 2.23. The molecule has 2 rings (SSSR count). The number of carboxylic acids is 1. The SMILES string of the molecule is COc1cc(C)c(C(=O)NC(CNC(=O)NCc2ccccc2)C(=O)O)c(C)c1. The summed E-state index contributed by atoms with van der Waals surface area (Å²) in [5.41, 5.74) is 2.62. The Hall–Kier alpha value is -3.55. The van der Waals surface area contributed by atoms with Crippen LogP contribution in [-0.4, -0.2) is 42.7 Å². The molecule has 4 N–H and O–H groups in total. The maximum absolute atomic E-state index is 12.6. The number of hydrogen-bond acceptors (Lipinski definition) is 4. The second-order valence-electron chi connectivity index (χ2n) is 6.55. The van der Waals surface area contributed by atoms with Crippen molar-refractivity contribution >= 4 is 17.9 Å². The Balaban J connectivity index is 1.95. The molecule has 8 nitrogen and oxygen atoms in total. The number of methoxy groups -OCH3 is 1. The van der Waals surface area contributed by atoms with Crippen molar-refractivity contribution in [3.8, 4) is 5.75 Å². The summed E-state index contributed by atoms with van der Waals surface area (Å²) < 4.78 is 5.17. The summed E-state index contributed by atoms with van der Waals surface area (Å²) in [6, 6.07) is 10.9. The molecule has 0 aliphatic rings. The molecule has 0 saturated heterocycles. The van der Waals surface area contributed by atoms with Gasteiger partial charge in [-0.25, -0.2) is 9.59 Å². The molecule has 0 aliphatic carbocycles. The Morgan fingerprint density at radius 2 is 1.66 bits per heavy atom. The topological polar surface area (TPSA) is 117 Å². The van der Waals surface area contributed by atoms with Gasteiger partial charge in [0.1, 0.15) is 11.8 Å². The molecule has 0 saturated carbocycles. The first-order chi connectivity index (χ1) is 13.8. The lowest BCUT2D eigenvalue weighted by molar-refractivity contribution is -0.139. The largest absolute Gasteiger partial charge is 0.497 e. The lowest BCUT2D eigenvalue weighted by Crippen LogP contribution is -2.50. The predicted molar refractivity (Wildman–Crippen MR) is 108 cm³/mol. The second kappa shape index (κ2) is 10.1. The number of carboxylic acid groups (broad SMARTS) is 1. The maximum Gasteiger partial charge on any atom is 0.328 e. The third-order valence-corrected chi connectivity index (χ3v) is 4.34. The van der Waals surface area contributed by atoms with E-state index in [0.29, 0.717) is 29.0 Å². The standard InChI is InChI=1S/C21H25N3O5/c1-13-9-16(29-3)10-14(2)18(13)19(25)24-17(20(26)27)12-23-21(28)22-11-15-7-5-4-6-8-15/h4-10,17H,11-12H2,1-3H3,(H,24,25)(H,26,27)(H2,22,23,28).